The van der Waals surface area contributed by atoms with Gasteiger partial charge in [-0.2, -0.15) is 0 Å². The van der Waals surface area contributed by atoms with E-state index in [1.165, 1.54) is 64.1 Å². The van der Waals surface area contributed by atoms with E-state index >= 15 is 9.18 Å². The average molecular weight is 1020 g/mol. The topological polar surface area (TPSA) is 257 Å². The summed E-state index contributed by atoms with van der Waals surface area (Å²) in [6.45, 7) is 15.5. The monoisotopic (exact) mass is 1020 g/mol. The number of ketones is 3. The van der Waals surface area contributed by atoms with E-state index in [-0.39, 0.29) is 82.8 Å². The van der Waals surface area contributed by atoms with Crippen LogP contribution < -0.4 is 20.4 Å². The summed E-state index contributed by atoms with van der Waals surface area (Å²) < 4.78 is 41.5. The summed E-state index contributed by atoms with van der Waals surface area (Å²) in [5, 5.41) is 47.6. The highest BCUT2D eigenvalue weighted by atomic mass is 19.1. The van der Waals surface area contributed by atoms with Gasteiger partial charge in [0.25, 0.3) is 11.7 Å². The first-order valence-corrected chi connectivity index (χ1v) is 24.6. The molecule has 0 radical (unpaired) electrons. The molecule has 0 unspecified atom stereocenters. The Morgan fingerprint density at radius 2 is 1.59 bits per heavy atom. The lowest BCUT2D eigenvalue weighted by Crippen LogP contribution is -2.50. The number of fused-ring (bicyclic) bond motifs is 15. The molecular formula is C54H62FN5O14. The molecule has 19 nitrogen and oxygen atoms in total. The molecule has 6 heterocycles. The van der Waals surface area contributed by atoms with Crippen LogP contribution in [0.3, 0.4) is 0 Å². The van der Waals surface area contributed by atoms with Crippen LogP contribution >= 0.6 is 0 Å². The number of aliphatic hydroxyl groups excluding tert-OH is 3. The van der Waals surface area contributed by atoms with Crippen molar-refractivity contribution in [2.75, 3.05) is 38.2 Å². The summed E-state index contributed by atoms with van der Waals surface area (Å²) >= 11 is 0. The number of amides is 1. The number of hydrogen-bond acceptors (Lipinski definition) is 17. The molecule has 4 aliphatic heterocycles. The lowest BCUT2D eigenvalue weighted by Gasteiger charge is -2.39. The molecule has 3 aromatic rings. The molecule has 5 N–H and O–H groups in total. The maximum absolute atomic E-state index is 16.1. The van der Waals surface area contributed by atoms with Crippen LogP contribution in [0.1, 0.15) is 110 Å². The fourth-order valence-corrected chi connectivity index (χ4v) is 10.4. The first-order valence-electron chi connectivity index (χ1n) is 24.6. The van der Waals surface area contributed by atoms with Crippen molar-refractivity contribution in [3.05, 3.63) is 110 Å². The highest BCUT2D eigenvalue weighted by Gasteiger charge is 2.53. The first kappa shape index (κ1) is 53.1. The SMILES string of the molecule is C=C(O)c1cn(C2CC2)c2nc(N3CCN(C4=C5NC(=O)/C(C)=C\C=C\[C@H](C)[C@H](O)[C@@H](C)[C@@H](O)[C@@H](C)[C@H](OC(C)=O)[C@H](C)[C@@H](OC)/C=C/O[C@@]6(C)Oc7c(C)c(O)c(c(c7C6=O)C4=O)C5=O)CC3)c(F)cc2c1=O. The minimum atomic E-state index is -2.18. The maximum atomic E-state index is 16.1. The van der Waals surface area contributed by atoms with Crippen molar-refractivity contribution < 1.29 is 67.7 Å². The number of piperazine rings is 1. The Morgan fingerprint density at radius 3 is 2.22 bits per heavy atom. The molecule has 1 amide bonds. The van der Waals surface area contributed by atoms with Crippen molar-refractivity contribution in [1.82, 2.24) is 19.8 Å². The lowest BCUT2D eigenvalue weighted by atomic mass is 9.78. The van der Waals surface area contributed by atoms with Gasteiger partial charge in [-0.25, -0.2) is 9.37 Å². The number of hydrogen-bond donors (Lipinski definition) is 5. The molecule has 5 bridgehead atoms. The fourth-order valence-electron chi connectivity index (χ4n) is 10.4. The number of allylic oxidation sites excluding steroid dienone is 4. The number of Topliss-reactive ketones (excluding diaryl/α,β-unsaturated/α-hetero) is 3. The van der Waals surface area contributed by atoms with Gasteiger partial charge >= 0.3 is 11.8 Å². The number of ether oxygens (including phenoxy) is 4. The molecule has 0 spiro atoms. The number of phenols is 1. The van der Waals surface area contributed by atoms with E-state index in [2.05, 4.69) is 16.9 Å². The quantitative estimate of drug-likeness (QED) is 0.151. The lowest BCUT2D eigenvalue weighted by molar-refractivity contribution is -0.160. The Balaban J connectivity index is 1.20. The van der Waals surface area contributed by atoms with Crippen molar-refractivity contribution in [1.29, 1.82) is 0 Å². The molecule has 74 heavy (non-hydrogen) atoms. The van der Waals surface area contributed by atoms with Crippen LogP contribution in [0.4, 0.5) is 10.2 Å². The number of aliphatic hydroxyl groups is 3. The number of phenolic OH excluding ortho intramolecular Hbond substituents is 1. The molecule has 20 heteroatoms. The average Bonchev–Trinajstić information content (AvgIpc) is 4.18. The third-order valence-electron chi connectivity index (χ3n) is 15.0. The van der Waals surface area contributed by atoms with Crippen molar-refractivity contribution in [2.24, 2.45) is 23.7 Å². The van der Waals surface area contributed by atoms with Crippen LogP contribution in [0.2, 0.25) is 0 Å². The Labute approximate surface area is 426 Å². The minimum absolute atomic E-state index is 0.0102. The van der Waals surface area contributed by atoms with E-state index in [0.29, 0.717) is 0 Å². The highest BCUT2D eigenvalue weighted by Crippen LogP contribution is 2.49. The summed E-state index contributed by atoms with van der Waals surface area (Å²) in [7, 11) is 1.40. The molecule has 9 atom stereocenters. The van der Waals surface area contributed by atoms with Crippen molar-refractivity contribution >= 4 is 51.8 Å². The molecule has 394 valence electrons. The molecule has 1 saturated heterocycles. The van der Waals surface area contributed by atoms with Gasteiger partial charge in [0.15, 0.2) is 11.6 Å². The number of carbonyl (C=O) groups is 5. The summed E-state index contributed by atoms with van der Waals surface area (Å²) in [6, 6.07) is 1.04. The number of halogens is 1. The zero-order valence-electron chi connectivity index (χ0n) is 42.7. The van der Waals surface area contributed by atoms with E-state index in [4.69, 9.17) is 18.9 Å². The van der Waals surface area contributed by atoms with Gasteiger partial charge in [-0.05, 0) is 38.8 Å². The second kappa shape index (κ2) is 20.3. The number of rotatable bonds is 6. The van der Waals surface area contributed by atoms with Gasteiger partial charge in [-0.15, -0.1) is 0 Å². The Hall–Kier alpha value is -7.16. The van der Waals surface area contributed by atoms with Gasteiger partial charge in [0.2, 0.25) is 17.0 Å². The van der Waals surface area contributed by atoms with E-state index in [1.54, 1.807) is 43.2 Å². The summed E-state index contributed by atoms with van der Waals surface area (Å²) in [5.41, 5.74) is -2.69. The largest absolute Gasteiger partial charge is 0.508 e. The Bertz CT molecular complexity index is 3070. The molecule has 1 aromatic carbocycles. The van der Waals surface area contributed by atoms with Gasteiger partial charge in [0, 0.05) is 94.2 Å². The van der Waals surface area contributed by atoms with Crippen LogP contribution in [0.15, 0.2) is 71.2 Å². The van der Waals surface area contributed by atoms with E-state index in [9.17, 15) is 44.4 Å². The number of anilines is 1. The summed E-state index contributed by atoms with van der Waals surface area (Å²) in [6.07, 6.45) is 6.05. The van der Waals surface area contributed by atoms with Gasteiger partial charge in [-0.3, -0.25) is 28.8 Å². The predicted molar refractivity (Wildman–Crippen MR) is 268 cm³/mol. The molecule has 2 aromatic heterocycles. The number of aromatic nitrogens is 2. The van der Waals surface area contributed by atoms with Gasteiger partial charge in [0.1, 0.15) is 40.4 Å². The fraction of sp³-hybridized carbons (Fsp3) is 0.463. The van der Waals surface area contributed by atoms with Gasteiger partial charge in [0.05, 0.1) is 52.2 Å². The van der Waals surface area contributed by atoms with E-state index < -0.39 is 123 Å². The van der Waals surface area contributed by atoms with Crippen molar-refractivity contribution in [3.8, 4) is 11.5 Å². The van der Waals surface area contributed by atoms with Crippen LogP contribution in [0.5, 0.6) is 11.5 Å². The van der Waals surface area contributed by atoms with Crippen molar-refractivity contribution in [3.63, 3.8) is 0 Å². The van der Waals surface area contributed by atoms with Gasteiger partial charge in [-0.1, -0.05) is 52.5 Å². The predicted octanol–water partition coefficient (Wildman–Crippen LogP) is 5.49. The first-order chi connectivity index (χ1) is 34.9. The summed E-state index contributed by atoms with van der Waals surface area (Å²) in [4.78, 5) is 92.7. The molecule has 9 rings (SSSR count). The highest BCUT2D eigenvalue weighted by molar-refractivity contribution is 6.32. The molecule has 6 aliphatic rings. The Kier molecular flexibility index (Phi) is 14.6. The number of nitrogens with one attached hydrogen (secondary N) is 1. The summed E-state index contributed by atoms with van der Waals surface area (Å²) in [5.74, 6) is -11.4. The second-order valence-electron chi connectivity index (χ2n) is 20.1. The maximum Gasteiger partial charge on any atom is 0.312 e. The molecule has 2 fully saturated rings. The normalized spacial score (nSPS) is 29.6. The van der Waals surface area contributed by atoms with Crippen LogP contribution in [0.25, 0.3) is 16.8 Å². The number of methoxy groups -OCH3 is 1. The van der Waals surface area contributed by atoms with Crippen LogP contribution in [-0.2, 0) is 23.8 Å². The van der Waals surface area contributed by atoms with Crippen molar-refractivity contribution in [2.45, 2.75) is 104 Å². The smallest absolute Gasteiger partial charge is 0.312 e. The zero-order valence-corrected chi connectivity index (χ0v) is 42.7. The number of benzene rings is 1. The van der Waals surface area contributed by atoms with Gasteiger partial charge < -0.3 is 59.1 Å². The number of pyridine rings is 2. The molecule has 2 aliphatic carbocycles. The van der Waals surface area contributed by atoms with Crippen LogP contribution in [-0.4, -0.2) is 128 Å². The number of nitrogens with zero attached hydrogens (tertiary/aromatic N) is 4. The number of carbonyl (C=O) groups excluding carboxylic acids is 5. The molecular weight excluding hydrogens is 962 g/mol. The third-order valence-corrected chi connectivity index (χ3v) is 15.0. The second-order valence-corrected chi connectivity index (χ2v) is 20.1. The Morgan fingerprint density at radius 1 is 0.932 bits per heavy atom. The van der Waals surface area contributed by atoms with Crippen LogP contribution in [0, 0.1) is 36.4 Å². The molecule has 1 saturated carbocycles. The number of esters is 1. The van der Waals surface area contributed by atoms with E-state index in [1.807, 2.05) is 0 Å². The number of aromatic hydroxyl groups is 1. The van der Waals surface area contributed by atoms with E-state index in [0.717, 1.165) is 25.2 Å². The zero-order chi connectivity index (χ0) is 54.0. The standard InChI is InChI=1S/C54H62FN5O14/c1-24-12-11-13-25(2)53(70)56-40-41(58-17-19-59(20-18-58)52-35(55)22-33-45(66)34(30(7)61)23-60(32-14-15-32)51(33)57-52)47(68)37-38(46(40)67)44(65)29(6)49-39(37)50(69)54(9,74-49)72-21-16-36(71-10)26(3)48(73-31(8)62)28(5)43(64)27(4)42(24)63/h11-13,16,21-24,26-28,32,36,42-43,48,61,63-65H,7,14-15,17-20H2,1-6,8-10H3,(H,56,70)/b12-11+,21-16+,25-13-/t24-,26+,27+,28+,36-,42-,43+,48+,54-/m0/s1. The third kappa shape index (κ3) is 9.38. The minimum Gasteiger partial charge on any atom is -0.508 e.